The van der Waals surface area contributed by atoms with Crippen molar-refractivity contribution < 1.29 is 0 Å². The minimum atomic E-state index is 0.369. The van der Waals surface area contributed by atoms with E-state index in [-0.39, 0.29) is 0 Å². The normalized spacial score (nSPS) is 14.4. The molecule has 0 aliphatic carbocycles. The molecule has 2 rings (SSSR count). The van der Waals surface area contributed by atoms with Crippen molar-refractivity contribution in [2.75, 3.05) is 0 Å². The summed E-state index contributed by atoms with van der Waals surface area (Å²) in [4.78, 5) is 2.89. The summed E-state index contributed by atoms with van der Waals surface area (Å²) < 4.78 is 0. The van der Waals surface area contributed by atoms with E-state index in [1.54, 1.807) is 0 Å². The van der Waals surface area contributed by atoms with Crippen molar-refractivity contribution >= 4 is 11.3 Å². The Morgan fingerprint density at radius 2 is 1.48 bits per heavy atom. The summed E-state index contributed by atoms with van der Waals surface area (Å²) in [5, 5.41) is 3.71. The minimum absolute atomic E-state index is 0.369. The van der Waals surface area contributed by atoms with E-state index < -0.39 is 0 Å². The molecule has 1 aromatic carbocycles. The van der Waals surface area contributed by atoms with Crippen molar-refractivity contribution in [3.63, 3.8) is 0 Å². The number of hydrogen-bond donors (Lipinski definition) is 1. The van der Waals surface area contributed by atoms with E-state index in [2.05, 4.69) is 76.3 Å². The second kappa shape index (κ2) is 7.24. The van der Waals surface area contributed by atoms with Crippen LogP contribution >= 0.6 is 11.3 Å². The smallest absolute Gasteiger partial charge is 0.0391 e. The molecule has 0 radical (unpaired) electrons. The van der Waals surface area contributed by atoms with Crippen LogP contribution in [0.3, 0.4) is 0 Å². The number of hydrogen-bond acceptors (Lipinski definition) is 2. The van der Waals surface area contributed by atoms with Crippen molar-refractivity contribution in [2.45, 2.75) is 59.0 Å². The summed E-state index contributed by atoms with van der Waals surface area (Å²) in [6.45, 7) is 11.2. The molecule has 21 heavy (non-hydrogen) atoms. The largest absolute Gasteiger partial charge is 0.303 e. The van der Waals surface area contributed by atoms with Gasteiger partial charge in [-0.05, 0) is 49.4 Å². The molecule has 0 fully saturated rings. The second-order valence-corrected chi connectivity index (χ2v) is 7.29. The summed E-state index contributed by atoms with van der Waals surface area (Å²) >= 11 is 1.92. The molecule has 0 bridgehead atoms. The Bertz CT molecular complexity index is 553. The lowest BCUT2D eigenvalue weighted by Gasteiger charge is -2.20. The first kappa shape index (κ1) is 16.3. The lowest BCUT2D eigenvalue weighted by atomic mass is 9.99. The van der Waals surface area contributed by atoms with Crippen molar-refractivity contribution in [3.05, 3.63) is 57.3 Å². The molecule has 2 unspecified atom stereocenters. The lowest BCUT2D eigenvalue weighted by Crippen LogP contribution is -2.21. The van der Waals surface area contributed by atoms with Crippen molar-refractivity contribution in [3.8, 4) is 0 Å². The van der Waals surface area contributed by atoms with Gasteiger partial charge in [0.25, 0.3) is 0 Å². The maximum Gasteiger partial charge on any atom is 0.0391 e. The average Bonchev–Trinajstić information content (AvgIpc) is 2.96. The molecular formula is C19H27NS. The summed E-state index contributed by atoms with van der Waals surface area (Å²) in [5.74, 6) is 0.597. The summed E-state index contributed by atoms with van der Waals surface area (Å²) in [5.41, 5.74) is 2.77. The van der Waals surface area contributed by atoms with Crippen LogP contribution in [0.25, 0.3) is 0 Å². The molecule has 2 heteroatoms. The number of rotatable bonds is 6. The van der Waals surface area contributed by atoms with Gasteiger partial charge in [-0.25, -0.2) is 0 Å². The van der Waals surface area contributed by atoms with Crippen molar-refractivity contribution in [2.24, 2.45) is 0 Å². The second-order valence-electron chi connectivity index (χ2n) is 6.09. The molecule has 1 N–H and O–H groups in total. The Morgan fingerprint density at radius 3 is 2.00 bits per heavy atom. The first-order valence-electron chi connectivity index (χ1n) is 7.95. The van der Waals surface area contributed by atoms with Crippen LogP contribution in [0.5, 0.6) is 0 Å². The number of benzene rings is 1. The van der Waals surface area contributed by atoms with Crippen LogP contribution in [0.1, 0.15) is 73.5 Å². The molecule has 0 saturated carbocycles. The van der Waals surface area contributed by atoms with Crippen LogP contribution in [0.4, 0.5) is 0 Å². The molecular weight excluding hydrogens is 274 g/mol. The van der Waals surface area contributed by atoms with Gasteiger partial charge in [0.1, 0.15) is 0 Å². The molecule has 0 aliphatic heterocycles. The van der Waals surface area contributed by atoms with Gasteiger partial charge < -0.3 is 5.32 Å². The molecule has 2 aromatic rings. The Labute approximate surface area is 133 Å². The van der Waals surface area contributed by atoms with Gasteiger partial charge >= 0.3 is 0 Å². The number of thiophene rings is 1. The van der Waals surface area contributed by atoms with Crippen LogP contribution in [0.15, 0.2) is 36.4 Å². The predicted octanol–water partition coefficient (Wildman–Crippen LogP) is 5.85. The topological polar surface area (TPSA) is 12.0 Å². The van der Waals surface area contributed by atoms with Gasteiger partial charge in [-0.15, -0.1) is 11.3 Å². The maximum atomic E-state index is 3.71. The summed E-state index contributed by atoms with van der Waals surface area (Å²) in [6, 6.07) is 14.3. The quantitative estimate of drug-likeness (QED) is 0.706. The zero-order chi connectivity index (χ0) is 15.4. The highest BCUT2D eigenvalue weighted by Crippen LogP contribution is 2.26. The summed E-state index contributed by atoms with van der Waals surface area (Å²) in [7, 11) is 0. The van der Waals surface area contributed by atoms with Crippen LogP contribution in [-0.2, 0) is 6.42 Å². The van der Waals surface area contributed by atoms with E-state index in [9.17, 15) is 0 Å². The predicted molar refractivity (Wildman–Crippen MR) is 94.2 cm³/mol. The van der Waals surface area contributed by atoms with E-state index in [1.165, 1.54) is 20.9 Å². The van der Waals surface area contributed by atoms with E-state index in [0.29, 0.717) is 18.0 Å². The molecule has 1 nitrogen and oxygen atoms in total. The van der Waals surface area contributed by atoms with Gasteiger partial charge in [0.05, 0.1) is 0 Å². The molecule has 0 saturated heterocycles. The molecule has 0 spiro atoms. The molecule has 0 aliphatic rings. The lowest BCUT2D eigenvalue weighted by molar-refractivity contribution is 0.500. The van der Waals surface area contributed by atoms with Crippen LogP contribution < -0.4 is 5.32 Å². The fourth-order valence-electron chi connectivity index (χ4n) is 2.54. The highest BCUT2D eigenvalue weighted by Gasteiger charge is 2.13. The third-order valence-corrected chi connectivity index (χ3v) is 5.47. The Hall–Kier alpha value is -1.12. The van der Waals surface area contributed by atoms with Crippen molar-refractivity contribution in [1.29, 1.82) is 0 Å². The molecule has 2 atom stereocenters. The van der Waals surface area contributed by atoms with Gasteiger partial charge in [-0.2, -0.15) is 0 Å². The van der Waals surface area contributed by atoms with Gasteiger partial charge in [-0.1, -0.05) is 45.0 Å². The van der Waals surface area contributed by atoms with Gasteiger partial charge in [0.15, 0.2) is 0 Å². The van der Waals surface area contributed by atoms with Gasteiger partial charge in [-0.3, -0.25) is 0 Å². The van der Waals surface area contributed by atoms with Crippen LogP contribution in [-0.4, -0.2) is 0 Å². The highest BCUT2D eigenvalue weighted by atomic mass is 32.1. The fraction of sp³-hybridized carbons (Fsp3) is 0.474. The Morgan fingerprint density at radius 1 is 0.857 bits per heavy atom. The standard InChI is InChI=1S/C19H27NS/c1-6-18-11-12-19(21-18)15(5)20-14(4)17-9-7-16(8-10-17)13(2)3/h7-15,20H,6H2,1-5H3. The third kappa shape index (κ3) is 4.18. The van der Waals surface area contributed by atoms with E-state index >= 15 is 0 Å². The summed E-state index contributed by atoms with van der Waals surface area (Å²) in [6.07, 6.45) is 1.13. The first-order chi connectivity index (χ1) is 10.0. The van der Waals surface area contributed by atoms with E-state index in [0.717, 1.165) is 6.42 Å². The SMILES string of the molecule is CCc1ccc(C(C)NC(C)c2ccc(C(C)C)cc2)s1. The first-order valence-corrected chi connectivity index (χ1v) is 8.77. The molecule has 1 aromatic heterocycles. The van der Waals surface area contributed by atoms with Crippen LogP contribution in [0, 0.1) is 0 Å². The molecule has 0 amide bonds. The van der Waals surface area contributed by atoms with E-state index in [4.69, 9.17) is 0 Å². The fourth-order valence-corrected chi connectivity index (χ4v) is 3.50. The molecule has 114 valence electrons. The minimum Gasteiger partial charge on any atom is -0.303 e. The molecule has 1 heterocycles. The zero-order valence-electron chi connectivity index (χ0n) is 13.8. The zero-order valence-corrected chi connectivity index (χ0v) is 14.6. The monoisotopic (exact) mass is 301 g/mol. The van der Waals surface area contributed by atoms with Crippen molar-refractivity contribution in [1.82, 2.24) is 5.32 Å². The number of aryl methyl sites for hydroxylation is 1. The highest BCUT2D eigenvalue weighted by molar-refractivity contribution is 7.12. The third-order valence-electron chi connectivity index (χ3n) is 4.06. The Balaban J connectivity index is 2.01. The number of nitrogens with one attached hydrogen (secondary N) is 1. The maximum absolute atomic E-state index is 3.71. The van der Waals surface area contributed by atoms with E-state index in [1.807, 2.05) is 11.3 Å². The van der Waals surface area contributed by atoms with Crippen LogP contribution in [0.2, 0.25) is 0 Å². The Kier molecular flexibility index (Phi) is 5.60. The van der Waals surface area contributed by atoms with Gasteiger partial charge in [0, 0.05) is 21.8 Å². The average molecular weight is 301 g/mol. The van der Waals surface area contributed by atoms with Gasteiger partial charge in [0.2, 0.25) is 0 Å².